The van der Waals surface area contributed by atoms with Gasteiger partial charge < -0.3 is 5.32 Å². The number of halogens is 1. The van der Waals surface area contributed by atoms with E-state index in [1.807, 2.05) is 0 Å². The average molecular weight is 261 g/mol. The van der Waals surface area contributed by atoms with E-state index in [1.165, 1.54) is 0 Å². The topological polar surface area (TPSA) is 52.9 Å². The number of carbonyl (C=O) groups is 1. The zero-order chi connectivity index (χ0) is 10.6. The molecule has 0 saturated heterocycles. The maximum absolute atomic E-state index is 11.2. The van der Waals surface area contributed by atoms with Crippen LogP contribution in [0, 0.1) is 11.3 Å². The SMILES string of the molecule is N#CCCCCNC(=O)CCCCBr. The first-order valence-corrected chi connectivity index (χ1v) is 6.13. The lowest BCUT2D eigenvalue weighted by atomic mass is 10.2. The van der Waals surface area contributed by atoms with Crippen molar-refractivity contribution >= 4 is 21.8 Å². The van der Waals surface area contributed by atoms with Crippen molar-refractivity contribution in [3.8, 4) is 6.07 Å². The Labute approximate surface area is 94.0 Å². The zero-order valence-corrected chi connectivity index (χ0v) is 9.98. The maximum atomic E-state index is 11.2. The van der Waals surface area contributed by atoms with E-state index in [1.54, 1.807) is 0 Å². The summed E-state index contributed by atoms with van der Waals surface area (Å²) in [4.78, 5) is 11.2. The Balaban J connectivity index is 3.15. The average Bonchev–Trinajstić information content (AvgIpc) is 2.18. The van der Waals surface area contributed by atoms with Gasteiger partial charge in [-0.3, -0.25) is 4.79 Å². The molecule has 0 atom stereocenters. The quantitative estimate of drug-likeness (QED) is 0.538. The summed E-state index contributed by atoms with van der Waals surface area (Å²) < 4.78 is 0. The number of alkyl halides is 1. The first-order valence-electron chi connectivity index (χ1n) is 5.01. The summed E-state index contributed by atoms with van der Waals surface area (Å²) in [6.45, 7) is 0.703. The van der Waals surface area contributed by atoms with E-state index in [2.05, 4.69) is 27.3 Å². The third kappa shape index (κ3) is 9.53. The normalized spacial score (nSPS) is 9.43. The highest BCUT2D eigenvalue weighted by atomic mass is 79.9. The molecule has 0 aromatic carbocycles. The molecule has 14 heavy (non-hydrogen) atoms. The molecule has 0 heterocycles. The van der Waals surface area contributed by atoms with E-state index in [0.717, 1.165) is 31.0 Å². The van der Waals surface area contributed by atoms with Crippen molar-refractivity contribution in [2.24, 2.45) is 0 Å². The van der Waals surface area contributed by atoms with Crippen molar-refractivity contribution in [3.63, 3.8) is 0 Å². The van der Waals surface area contributed by atoms with Crippen LogP contribution in [0.1, 0.15) is 38.5 Å². The van der Waals surface area contributed by atoms with E-state index in [4.69, 9.17) is 5.26 Å². The molecule has 0 radical (unpaired) electrons. The number of nitrogens with one attached hydrogen (secondary N) is 1. The lowest BCUT2D eigenvalue weighted by Crippen LogP contribution is -2.23. The maximum Gasteiger partial charge on any atom is 0.219 e. The first-order chi connectivity index (χ1) is 6.81. The molecule has 80 valence electrons. The number of carbonyl (C=O) groups excluding carboxylic acids is 1. The number of hydrogen-bond acceptors (Lipinski definition) is 2. The van der Waals surface area contributed by atoms with Gasteiger partial charge in [-0.05, 0) is 25.7 Å². The third-order valence-corrected chi connectivity index (χ3v) is 2.39. The molecule has 0 aromatic rings. The minimum Gasteiger partial charge on any atom is -0.356 e. The summed E-state index contributed by atoms with van der Waals surface area (Å²) in [5.41, 5.74) is 0. The van der Waals surface area contributed by atoms with Crippen molar-refractivity contribution < 1.29 is 4.79 Å². The van der Waals surface area contributed by atoms with Gasteiger partial charge in [0.2, 0.25) is 5.91 Å². The Morgan fingerprint density at radius 2 is 2.07 bits per heavy atom. The summed E-state index contributed by atoms with van der Waals surface area (Å²) in [6, 6.07) is 2.08. The number of nitriles is 1. The van der Waals surface area contributed by atoms with Crippen molar-refractivity contribution in [1.29, 1.82) is 5.26 Å². The molecule has 0 aliphatic rings. The lowest BCUT2D eigenvalue weighted by Gasteiger charge is -2.03. The van der Waals surface area contributed by atoms with Crippen LogP contribution in [0.5, 0.6) is 0 Å². The van der Waals surface area contributed by atoms with E-state index in [9.17, 15) is 4.79 Å². The van der Waals surface area contributed by atoms with Gasteiger partial charge in [-0.2, -0.15) is 5.26 Å². The highest BCUT2D eigenvalue weighted by molar-refractivity contribution is 9.09. The number of amides is 1. The highest BCUT2D eigenvalue weighted by Crippen LogP contribution is 1.98. The number of nitrogens with zero attached hydrogens (tertiary/aromatic N) is 1. The first kappa shape index (κ1) is 13.4. The standard InChI is InChI=1S/C10H17BrN2O/c11-7-3-2-6-10(14)13-9-5-1-4-8-12/h1-7,9H2,(H,13,14). The second kappa shape index (κ2) is 10.5. The van der Waals surface area contributed by atoms with Gasteiger partial charge >= 0.3 is 0 Å². The molecular weight excluding hydrogens is 244 g/mol. The summed E-state index contributed by atoms with van der Waals surface area (Å²) in [7, 11) is 0. The predicted molar refractivity (Wildman–Crippen MR) is 60.1 cm³/mol. The van der Waals surface area contributed by atoms with Crippen molar-refractivity contribution in [2.45, 2.75) is 38.5 Å². The third-order valence-electron chi connectivity index (χ3n) is 1.82. The van der Waals surface area contributed by atoms with Crippen LogP contribution in [0.3, 0.4) is 0 Å². The fourth-order valence-electron chi connectivity index (χ4n) is 1.03. The van der Waals surface area contributed by atoms with Crippen LogP contribution in [0.2, 0.25) is 0 Å². The molecule has 0 saturated carbocycles. The number of rotatable bonds is 8. The summed E-state index contributed by atoms with van der Waals surface area (Å²) >= 11 is 3.32. The van der Waals surface area contributed by atoms with Crippen LogP contribution in [0.4, 0.5) is 0 Å². The molecule has 0 spiro atoms. The fourth-order valence-corrected chi connectivity index (χ4v) is 1.42. The Hall–Kier alpha value is -0.560. The molecule has 0 fully saturated rings. The van der Waals surface area contributed by atoms with Crippen molar-refractivity contribution in [3.05, 3.63) is 0 Å². The van der Waals surface area contributed by atoms with Crippen molar-refractivity contribution in [2.75, 3.05) is 11.9 Å². The largest absolute Gasteiger partial charge is 0.356 e. The van der Waals surface area contributed by atoms with Crippen molar-refractivity contribution in [1.82, 2.24) is 5.32 Å². The van der Waals surface area contributed by atoms with Gasteiger partial charge in [-0.25, -0.2) is 0 Å². The summed E-state index contributed by atoms with van der Waals surface area (Å²) in [5, 5.41) is 12.1. The minimum atomic E-state index is 0.128. The molecule has 0 unspecified atom stereocenters. The molecular formula is C10H17BrN2O. The van der Waals surface area contributed by atoms with Gasteiger partial charge in [0.1, 0.15) is 0 Å². The number of unbranched alkanes of at least 4 members (excludes halogenated alkanes) is 3. The Kier molecular flexibility index (Phi) is 10.1. The monoisotopic (exact) mass is 260 g/mol. The molecule has 0 aliphatic heterocycles. The van der Waals surface area contributed by atoms with Gasteiger partial charge in [-0.15, -0.1) is 0 Å². The zero-order valence-electron chi connectivity index (χ0n) is 8.39. The van der Waals surface area contributed by atoms with Crippen LogP contribution in [-0.4, -0.2) is 17.8 Å². The summed E-state index contributed by atoms with van der Waals surface area (Å²) in [6.07, 6.45) is 4.95. The second-order valence-corrected chi connectivity index (χ2v) is 3.90. The summed E-state index contributed by atoms with van der Waals surface area (Å²) in [5.74, 6) is 0.128. The molecule has 0 rings (SSSR count). The van der Waals surface area contributed by atoms with Crippen LogP contribution >= 0.6 is 15.9 Å². The van der Waals surface area contributed by atoms with E-state index >= 15 is 0 Å². The van der Waals surface area contributed by atoms with E-state index < -0.39 is 0 Å². The number of hydrogen-bond donors (Lipinski definition) is 1. The lowest BCUT2D eigenvalue weighted by molar-refractivity contribution is -0.121. The smallest absolute Gasteiger partial charge is 0.219 e. The molecule has 0 aliphatic carbocycles. The van der Waals surface area contributed by atoms with Gasteiger partial charge in [0.05, 0.1) is 6.07 Å². The highest BCUT2D eigenvalue weighted by Gasteiger charge is 1.99. The van der Waals surface area contributed by atoms with Gasteiger partial charge in [-0.1, -0.05) is 15.9 Å². The Morgan fingerprint density at radius 1 is 1.29 bits per heavy atom. The van der Waals surface area contributed by atoms with Crippen LogP contribution in [-0.2, 0) is 4.79 Å². The fraction of sp³-hybridized carbons (Fsp3) is 0.800. The molecule has 0 aromatic heterocycles. The van der Waals surface area contributed by atoms with Gasteiger partial charge in [0.25, 0.3) is 0 Å². The Morgan fingerprint density at radius 3 is 2.71 bits per heavy atom. The van der Waals surface area contributed by atoms with E-state index in [-0.39, 0.29) is 5.91 Å². The Bertz CT molecular complexity index is 189. The molecule has 0 bridgehead atoms. The van der Waals surface area contributed by atoms with Gasteiger partial charge in [0, 0.05) is 24.7 Å². The predicted octanol–water partition coefficient (Wildman–Crippen LogP) is 2.36. The molecule has 4 heteroatoms. The molecule has 1 amide bonds. The second-order valence-electron chi connectivity index (χ2n) is 3.11. The van der Waals surface area contributed by atoms with Gasteiger partial charge in [0.15, 0.2) is 0 Å². The van der Waals surface area contributed by atoms with E-state index in [0.29, 0.717) is 19.4 Å². The minimum absolute atomic E-state index is 0.128. The van der Waals surface area contributed by atoms with Crippen LogP contribution < -0.4 is 5.32 Å². The molecule has 1 N–H and O–H groups in total. The van der Waals surface area contributed by atoms with Crippen LogP contribution in [0.25, 0.3) is 0 Å². The molecule has 3 nitrogen and oxygen atoms in total. The van der Waals surface area contributed by atoms with Crippen LogP contribution in [0.15, 0.2) is 0 Å².